The molecule has 0 heterocycles. The standard InChI is InChI=1S/C7H4ClF2NO4S/c8-16(13,14)11-7(12)15-6-3-4(9)1-2-5(6)10/h1-3H,(H,11,12). The Morgan fingerprint density at radius 1 is 1.38 bits per heavy atom. The molecule has 0 aromatic heterocycles. The lowest BCUT2D eigenvalue weighted by Crippen LogP contribution is -2.29. The number of hydrogen-bond acceptors (Lipinski definition) is 4. The first kappa shape index (κ1) is 12.7. The summed E-state index contributed by atoms with van der Waals surface area (Å²) in [4.78, 5) is 10.8. The van der Waals surface area contributed by atoms with Crippen molar-refractivity contribution >= 4 is 26.0 Å². The van der Waals surface area contributed by atoms with Crippen LogP contribution in [0.3, 0.4) is 0 Å². The number of benzene rings is 1. The van der Waals surface area contributed by atoms with Gasteiger partial charge in [0.05, 0.1) is 0 Å². The lowest BCUT2D eigenvalue weighted by Gasteiger charge is -2.04. The normalized spacial score (nSPS) is 10.9. The molecule has 1 aromatic carbocycles. The Labute approximate surface area is 93.5 Å². The number of ether oxygens (including phenoxy) is 1. The van der Waals surface area contributed by atoms with Crippen LogP contribution in [0.4, 0.5) is 13.6 Å². The topological polar surface area (TPSA) is 72.5 Å². The summed E-state index contributed by atoms with van der Waals surface area (Å²) in [5, 5.41) is 0. The predicted octanol–water partition coefficient (Wildman–Crippen LogP) is 1.54. The molecule has 0 aliphatic heterocycles. The molecule has 1 N–H and O–H groups in total. The monoisotopic (exact) mass is 271 g/mol. The van der Waals surface area contributed by atoms with Crippen molar-refractivity contribution in [3.8, 4) is 5.75 Å². The molecule has 9 heteroatoms. The van der Waals surface area contributed by atoms with E-state index in [-0.39, 0.29) is 0 Å². The van der Waals surface area contributed by atoms with Crippen molar-refractivity contribution in [1.82, 2.24) is 4.72 Å². The van der Waals surface area contributed by atoms with Crippen molar-refractivity contribution in [2.45, 2.75) is 0 Å². The molecule has 5 nitrogen and oxygen atoms in total. The summed E-state index contributed by atoms with van der Waals surface area (Å²) in [5.41, 5.74) is 0. The molecule has 1 aromatic rings. The second-order valence-electron chi connectivity index (χ2n) is 2.50. The van der Waals surface area contributed by atoms with Crippen LogP contribution in [-0.2, 0) is 9.24 Å². The van der Waals surface area contributed by atoms with E-state index in [9.17, 15) is 22.0 Å². The molecule has 0 saturated heterocycles. The highest BCUT2D eigenvalue weighted by Crippen LogP contribution is 2.18. The number of rotatable bonds is 2. The molecule has 0 aliphatic carbocycles. The van der Waals surface area contributed by atoms with Crippen molar-refractivity contribution in [1.29, 1.82) is 0 Å². The largest absolute Gasteiger partial charge is 0.427 e. The number of nitrogens with one attached hydrogen (secondary N) is 1. The van der Waals surface area contributed by atoms with Gasteiger partial charge in [-0.05, 0) is 12.1 Å². The van der Waals surface area contributed by atoms with E-state index < -0.39 is 32.7 Å². The van der Waals surface area contributed by atoms with Crippen LogP contribution in [0.15, 0.2) is 18.2 Å². The summed E-state index contributed by atoms with van der Waals surface area (Å²) in [6.45, 7) is 0. The van der Waals surface area contributed by atoms with Gasteiger partial charge in [0, 0.05) is 16.7 Å². The van der Waals surface area contributed by atoms with Crippen LogP contribution in [0, 0.1) is 11.6 Å². The fourth-order valence-corrected chi connectivity index (χ4v) is 1.21. The van der Waals surface area contributed by atoms with Gasteiger partial charge in [-0.15, -0.1) is 0 Å². The summed E-state index contributed by atoms with van der Waals surface area (Å²) in [6.07, 6.45) is -1.54. The minimum atomic E-state index is -4.33. The molecule has 88 valence electrons. The molecule has 0 spiro atoms. The summed E-state index contributed by atoms with van der Waals surface area (Å²) < 4.78 is 51.6. The van der Waals surface area contributed by atoms with Crippen LogP contribution < -0.4 is 9.46 Å². The van der Waals surface area contributed by atoms with Crippen LogP contribution in [0.1, 0.15) is 0 Å². The van der Waals surface area contributed by atoms with E-state index in [0.29, 0.717) is 12.1 Å². The Hall–Kier alpha value is -1.41. The van der Waals surface area contributed by atoms with Gasteiger partial charge in [-0.1, -0.05) is 0 Å². The Balaban J connectivity index is 2.81. The smallest absolute Gasteiger partial charge is 0.406 e. The number of amides is 1. The highest BCUT2D eigenvalue weighted by molar-refractivity contribution is 8.12. The molecule has 0 unspecified atom stereocenters. The molecular formula is C7H4ClF2NO4S. The van der Waals surface area contributed by atoms with E-state index in [1.165, 1.54) is 4.72 Å². The minimum absolute atomic E-state index is 0.579. The fraction of sp³-hybridized carbons (Fsp3) is 0. The van der Waals surface area contributed by atoms with Crippen LogP contribution >= 0.6 is 10.7 Å². The zero-order chi connectivity index (χ0) is 12.3. The summed E-state index contributed by atoms with van der Waals surface area (Å²) in [6, 6.07) is 2.10. The Morgan fingerprint density at radius 3 is 2.56 bits per heavy atom. The minimum Gasteiger partial charge on any atom is -0.406 e. The van der Waals surface area contributed by atoms with Gasteiger partial charge in [-0.2, -0.15) is 8.42 Å². The van der Waals surface area contributed by atoms with Crippen molar-refractivity contribution in [2.24, 2.45) is 0 Å². The Kier molecular flexibility index (Phi) is 3.66. The van der Waals surface area contributed by atoms with Crippen LogP contribution in [0.2, 0.25) is 0 Å². The van der Waals surface area contributed by atoms with E-state index in [0.717, 1.165) is 6.07 Å². The molecule has 1 rings (SSSR count). The van der Waals surface area contributed by atoms with E-state index in [2.05, 4.69) is 15.4 Å². The predicted molar refractivity (Wildman–Crippen MR) is 50.3 cm³/mol. The quantitative estimate of drug-likeness (QED) is 0.828. The molecule has 0 saturated carbocycles. The highest BCUT2D eigenvalue weighted by Gasteiger charge is 2.15. The maximum absolute atomic E-state index is 12.9. The van der Waals surface area contributed by atoms with Crippen molar-refractivity contribution in [2.75, 3.05) is 0 Å². The molecule has 0 fully saturated rings. The van der Waals surface area contributed by atoms with E-state index in [1.807, 2.05) is 0 Å². The summed E-state index contributed by atoms with van der Waals surface area (Å²) >= 11 is 0. The molecule has 1 amide bonds. The number of halogens is 3. The first-order valence-corrected chi connectivity index (χ1v) is 5.98. The maximum atomic E-state index is 12.9. The second kappa shape index (κ2) is 4.62. The van der Waals surface area contributed by atoms with Crippen LogP contribution in [0.25, 0.3) is 0 Å². The third-order valence-corrected chi connectivity index (χ3v) is 1.94. The lowest BCUT2D eigenvalue weighted by atomic mass is 10.3. The zero-order valence-corrected chi connectivity index (χ0v) is 8.98. The molecule has 0 aliphatic rings. The number of carbonyl (C=O) groups is 1. The van der Waals surface area contributed by atoms with Gasteiger partial charge in [0.25, 0.3) is 0 Å². The van der Waals surface area contributed by atoms with E-state index >= 15 is 0 Å². The van der Waals surface area contributed by atoms with Crippen molar-refractivity contribution in [3.63, 3.8) is 0 Å². The third kappa shape index (κ3) is 3.99. The summed E-state index contributed by atoms with van der Waals surface area (Å²) in [5.74, 6) is -2.63. The fourth-order valence-electron chi connectivity index (χ4n) is 0.776. The van der Waals surface area contributed by atoms with Crippen molar-refractivity contribution in [3.05, 3.63) is 29.8 Å². The molecule has 0 radical (unpaired) electrons. The second-order valence-corrected chi connectivity index (χ2v) is 4.80. The maximum Gasteiger partial charge on any atom is 0.427 e. The number of carbonyl (C=O) groups excluding carboxylic acids is 1. The number of hydrogen-bond donors (Lipinski definition) is 1. The Morgan fingerprint density at radius 2 is 2.00 bits per heavy atom. The SMILES string of the molecule is O=C(NS(=O)(=O)Cl)Oc1cc(F)ccc1F. The third-order valence-electron chi connectivity index (χ3n) is 1.30. The van der Waals surface area contributed by atoms with Crippen LogP contribution in [0.5, 0.6) is 5.75 Å². The molecular weight excluding hydrogens is 268 g/mol. The van der Waals surface area contributed by atoms with Gasteiger partial charge in [0.2, 0.25) is 0 Å². The first-order valence-electron chi connectivity index (χ1n) is 3.67. The van der Waals surface area contributed by atoms with Crippen molar-refractivity contribution < 1.29 is 26.7 Å². The van der Waals surface area contributed by atoms with E-state index in [1.54, 1.807) is 0 Å². The lowest BCUT2D eigenvalue weighted by molar-refractivity contribution is 0.204. The van der Waals surface area contributed by atoms with E-state index in [4.69, 9.17) is 0 Å². The van der Waals surface area contributed by atoms with Gasteiger partial charge < -0.3 is 4.74 Å². The molecule has 0 atom stereocenters. The van der Waals surface area contributed by atoms with Crippen LogP contribution in [-0.4, -0.2) is 14.5 Å². The Bertz CT molecular complexity index is 519. The van der Waals surface area contributed by atoms with Gasteiger partial charge in [-0.3, -0.25) is 0 Å². The highest BCUT2D eigenvalue weighted by atomic mass is 35.7. The average molecular weight is 272 g/mol. The van der Waals surface area contributed by atoms with Gasteiger partial charge >= 0.3 is 15.3 Å². The molecule has 0 bridgehead atoms. The average Bonchev–Trinajstić information content (AvgIpc) is 2.08. The molecule has 16 heavy (non-hydrogen) atoms. The zero-order valence-electron chi connectivity index (χ0n) is 7.41. The summed E-state index contributed by atoms with van der Waals surface area (Å²) in [7, 11) is 0.323. The van der Waals surface area contributed by atoms with Gasteiger partial charge in [0.1, 0.15) is 5.82 Å². The first-order chi connectivity index (χ1) is 7.28. The van der Waals surface area contributed by atoms with Gasteiger partial charge in [-0.25, -0.2) is 18.3 Å². The van der Waals surface area contributed by atoms with Gasteiger partial charge in [0.15, 0.2) is 11.6 Å².